The summed E-state index contributed by atoms with van der Waals surface area (Å²) < 4.78 is 4.65. The Morgan fingerprint density at radius 2 is 2.12 bits per heavy atom. The van der Waals surface area contributed by atoms with Gasteiger partial charge in [-0.1, -0.05) is 35.5 Å². The first-order valence-corrected chi connectivity index (χ1v) is 5.81. The van der Waals surface area contributed by atoms with Crippen LogP contribution in [0, 0.1) is 0 Å². The van der Waals surface area contributed by atoms with E-state index < -0.39 is 11.2 Å². The Morgan fingerprint density at radius 1 is 1.44 bits per heavy atom. The molecule has 1 aromatic rings. The maximum Gasteiger partial charge on any atom is 0.323 e. The number of benzene rings is 1. The molecule has 0 radical (unpaired) electrons. The van der Waals surface area contributed by atoms with Gasteiger partial charge in [-0.3, -0.25) is 9.59 Å². The van der Waals surface area contributed by atoms with E-state index in [0.29, 0.717) is 10.6 Å². The Kier molecular flexibility index (Phi) is 4.83. The van der Waals surface area contributed by atoms with E-state index in [1.807, 2.05) is 0 Å². The van der Waals surface area contributed by atoms with E-state index in [-0.39, 0.29) is 5.12 Å². The van der Waals surface area contributed by atoms with Crippen LogP contribution in [0.4, 0.5) is 0 Å². The topological polar surface area (TPSA) is 43.4 Å². The number of methoxy groups -OCH3 is 1. The van der Waals surface area contributed by atoms with Gasteiger partial charge in [-0.25, -0.2) is 0 Å². The first-order chi connectivity index (χ1) is 7.54. The number of hydrogen-bond donors (Lipinski definition) is 0. The highest BCUT2D eigenvalue weighted by Crippen LogP contribution is 2.31. The molecule has 0 heterocycles. The first-order valence-electron chi connectivity index (χ1n) is 4.55. The molecule has 0 saturated heterocycles. The van der Waals surface area contributed by atoms with E-state index in [9.17, 15) is 9.59 Å². The smallest absolute Gasteiger partial charge is 0.323 e. The van der Waals surface area contributed by atoms with Crippen LogP contribution in [0.1, 0.15) is 17.7 Å². The van der Waals surface area contributed by atoms with E-state index in [4.69, 9.17) is 11.6 Å². The van der Waals surface area contributed by atoms with Gasteiger partial charge in [-0.2, -0.15) is 0 Å². The highest BCUT2D eigenvalue weighted by molar-refractivity contribution is 8.14. The summed E-state index contributed by atoms with van der Waals surface area (Å²) in [6.07, 6.45) is 0. The van der Waals surface area contributed by atoms with Gasteiger partial charge in [-0.15, -0.1) is 0 Å². The van der Waals surface area contributed by atoms with Gasteiger partial charge in [0.25, 0.3) is 0 Å². The van der Waals surface area contributed by atoms with E-state index >= 15 is 0 Å². The molecular weight excluding hydrogens is 248 g/mol. The van der Waals surface area contributed by atoms with Gasteiger partial charge >= 0.3 is 5.97 Å². The summed E-state index contributed by atoms with van der Waals surface area (Å²) in [5.74, 6) is -0.456. The number of esters is 1. The molecule has 1 unspecified atom stereocenters. The molecule has 0 spiro atoms. The number of carbonyl (C=O) groups is 2. The second-order valence-corrected chi connectivity index (χ2v) is 4.79. The lowest BCUT2D eigenvalue weighted by Gasteiger charge is -2.12. The monoisotopic (exact) mass is 258 g/mol. The van der Waals surface area contributed by atoms with Crippen molar-refractivity contribution in [3.8, 4) is 0 Å². The minimum atomic E-state index is -0.652. The standard InChI is InChI=1S/C11H11ClO3S/c1-7(13)16-10(11(14)15-2)8-4-3-5-9(12)6-8/h3-6,10H,1-2H3. The SMILES string of the molecule is COC(=O)C(SC(C)=O)c1cccc(Cl)c1. The van der Waals surface area contributed by atoms with Crippen LogP contribution in [0.25, 0.3) is 0 Å². The van der Waals surface area contributed by atoms with Crippen molar-refractivity contribution < 1.29 is 14.3 Å². The predicted octanol–water partition coefficient (Wildman–Crippen LogP) is 2.83. The number of rotatable bonds is 3. The molecule has 0 aliphatic carbocycles. The number of carbonyl (C=O) groups excluding carboxylic acids is 2. The fourth-order valence-corrected chi connectivity index (χ4v) is 2.20. The summed E-state index contributed by atoms with van der Waals surface area (Å²) >= 11 is 6.75. The lowest BCUT2D eigenvalue weighted by Crippen LogP contribution is -2.12. The van der Waals surface area contributed by atoms with Gasteiger partial charge < -0.3 is 4.74 Å². The third-order valence-electron chi connectivity index (χ3n) is 1.85. The summed E-state index contributed by atoms with van der Waals surface area (Å²) in [6, 6.07) is 6.83. The van der Waals surface area contributed by atoms with Gasteiger partial charge in [-0.05, 0) is 17.7 Å². The molecule has 1 rings (SSSR count). The van der Waals surface area contributed by atoms with Crippen LogP contribution in [0.3, 0.4) is 0 Å². The average Bonchev–Trinajstić information content (AvgIpc) is 2.24. The van der Waals surface area contributed by atoms with Crippen LogP contribution in [0.15, 0.2) is 24.3 Å². The Morgan fingerprint density at radius 3 is 2.62 bits per heavy atom. The summed E-state index contributed by atoms with van der Waals surface area (Å²) in [5, 5.41) is -0.271. The molecule has 3 nitrogen and oxygen atoms in total. The highest BCUT2D eigenvalue weighted by Gasteiger charge is 2.24. The third-order valence-corrected chi connectivity index (χ3v) is 3.12. The zero-order chi connectivity index (χ0) is 12.1. The summed E-state index contributed by atoms with van der Waals surface area (Å²) in [6.45, 7) is 1.41. The zero-order valence-electron chi connectivity index (χ0n) is 8.90. The molecule has 5 heteroatoms. The molecule has 16 heavy (non-hydrogen) atoms. The largest absolute Gasteiger partial charge is 0.468 e. The van der Waals surface area contributed by atoms with Crippen LogP contribution >= 0.6 is 23.4 Å². The molecule has 0 bridgehead atoms. The second-order valence-electron chi connectivity index (χ2n) is 3.07. The van der Waals surface area contributed by atoms with Gasteiger partial charge in [0, 0.05) is 11.9 Å². The average molecular weight is 259 g/mol. The van der Waals surface area contributed by atoms with Crippen molar-refractivity contribution in [2.45, 2.75) is 12.2 Å². The van der Waals surface area contributed by atoms with Crippen molar-refractivity contribution >= 4 is 34.4 Å². The van der Waals surface area contributed by atoms with Crippen molar-refractivity contribution in [2.75, 3.05) is 7.11 Å². The van der Waals surface area contributed by atoms with Gasteiger partial charge in [0.2, 0.25) is 0 Å². The van der Waals surface area contributed by atoms with Crippen molar-refractivity contribution in [1.82, 2.24) is 0 Å². The second kappa shape index (κ2) is 5.92. The summed E-state index contributed by atoms with van der Waals surface area (Å²) in [5.41, 5.74) is 0.666. The van der Waals surface area contributed by atoms with E-state index in [0.717, 1.165) is 11.8 Å². The Hall–Kier alpha value is -1.00. The minimum Gasteiger partial charge on any atom is -0.468 e. The number of thioether (sulfide) groups is 1. The normalized spacial score (nSPS) is 11.9. The van der Waals surface area contributed by atoms with Crippen LogP contribution in [0.2, 0.25) is 5.02 Å². The quantitative estimate of drug-likeness (QED) is 0.782. The molecule has 86 valence electrons. The van der Waals surface area contributed by atoms with Crippen LogP contribution in [0.5, 0.6) is 0 Å². The molecule has 0 aliphatic rings. The fourth-order valence-electron chi connectivity index (χ4n) is 1.19. The van der Waals surface area contributed by atoms with Crippen molar-refractivity contribution in [2.24, 2.45) is 0 Å². The van der Waals surface area contributed by atoms with Crippen LogP contribution < -0.4 is 0 Å². The van der Waals surface area contributed by atoms with Crippen molar-refractivity contribution in [3.05, 3.63) is 34.9 Å². The lowest BCUT2D eigenvalue weighted by atomic mass is 10.1. The molecular formula is C11H11ClO3S. The molecule has 1 atom stereocenters. The van der Waals surface area contributed by atoms with E-state index in [1.165, 1.54) is 14.0 Å². The fraction of sp³-hybridized carbons (Fsp3) is 0.273. The molecule has 1 aromatic carbocycles. The number of halogens is 1. The summed E-state index contributed by atoms with van der Waals surface area (Å²) in [7, 11) is 1.29. The molecule has 0 aliphatic heterocycles. The van der Waals surface area contributed by atoms with Crippen LogP contribution in [-0.4, -0.2) is 18.2 Å². The van der Waals surface area contributed by atoms with Crippen molar-refractivity contribution in [3.63, 3.8) is 0 Å². The summed E-state index contributed by atoms with van der Waals surface area (Å²) in [4.78, 5) is 22.6. The van der Waals surface area contributed by atoms with Gasteiger partial charge in [0.05, 0.1) is 7.11 Å². The zero-order valence-corrected chi connectivity index (χ0v) is 10.5. The predicted molar refractivity (Wildman–Crippen MR) is 64.5 cm³/mol. The van der Waals surface area contributed by atoms with Gasteiger partial charge in [0.1, 0.15) is 5.25 Å². The molecule has 0 saturated carbocycles. The van der Waals surface area contributed by atoms with Crippen LogP contribution in [-0.2, 0) is 14.3 Å². The van der Waals surface area contributed by atoms with Gasteiger partial charge in [0.15, 0.2) is 5.12 Å². The number of hydrogen-bond acceptors (Lipinski definition) is 4. The maximum atomic E-state index is 11.5. The minimum absolute atomic E-state index is 0.143. The van der Waals surface area contributed by atoms with E-state index in [1.54, 1.807) is 24.3 Å². The Balaban J connectivity index is 3.00. The Labute approximate surface area is 103 Å². The lowest BCUT2D eigenvalue weighted by molar-refractivity contribution is -0.140. The molecule has 0 fully saturated rings. The number of ether oxygens (including phenoxy) is 1. The van der Waals surface area contributed by atoms with E-state index in [2.05, 4.69) is 4.74 Å². The molecule has 0 amide bonds. The Bertz CT molecular complexity index is 406. The van der Waals surface area contributed by atoms with Crippen molar-refractivity contribution in [1.29, 1.82) is 0 Å². The molecule has 0 N–H and O–H groups in total. The maximum absolute atomic E-state index is 11.5. The highest BCUT2D eigenvalue weighted by atomic mass is 35.5. The molecule has 0 aromatic heterocycles. The first kappa shape index (κ1) is 13.1. The third kappa shape index (κ3) is 3.54.